The van der Waals surface area contributed by atoms with Crippen molar-refractivity contribution in [2.24, 2.45) is 5.92 Å². The summed E-state index contributed by atoms with van der Waals surface area (Å²) in [6, 6.07) is 4.60. The van der Waals surface area contributed by atoms with Gasteiger partial charge in [-0.3, -0.25) is 14.9 Å². The number of rotatable bonds is 3. The van der Waals surface area contributed by atoms with Crippen LogP contribution in [-0.2, 0) is 4.79 Å². The van der Waals surface area contributed by atoms with E-state index in [-0.39, 0.29) is 16.6 Å². The van der Waals surface area contributed by atoms with Crippen LogP contribution in [-0.4, -0.2) is 16.0 Å². The molecule has 1 N–H and O–H groups in total. The minimum Gasteiger partial charge on any atom is -0.481 e. The van der Waals surface area contributed by atoms with Gasteiger partial charge in [-0.15, -0.1) is 0 Å². The third-order valence-corrected chi connectivity index (χ3v) is 3.01. The summed E-state index contributed by atoms with van der Waals surface area (Å²) in [5.41, 5.74) is 0.253. The molecule has 0 bridgehead atoms. The van der Waals surface area contributed by atoms with Crippen molar-refractivity contribution in [3.05, 3.63) is 38.9 Å². The summed E-state index contributed by atoms with van der Waals surface area (Å²) in [5.74, 6) is -1.71. The molecule has 1 aromatic rings. The number of aliphatic carboxylic acids is 1. The summed E-state index contributed by atoms with van der Waals surface area (Å²) >= 11 is 5.73. The first-order valence-electron chi connectivity index (χ1n) is 4.68. The fourth-order valence-electron chi connectivity index (χ4n) is 1.84. The molecule has 5 nitrogen and oxygen atoms in total. The smallest absolute Gasteiger partial charge is 0.307 e. The van der Waals surface area contributed by atoms with E-state index in [1.807, 2.05) is 0 Å². The SMILES string of the molecule is O=C(O)[C@H]1C[C@@H]1c1cccc(Cl)c1[N+](=O)[O-]. The summed E-state index contributed by atoms with van der Waals surface area (Å²) in [6.45, 7) is 0. The number of carboxylic acid groups (broad SMARTS) is 1. The summed E-state index contributed by atoms with van der Waals surface area (Å²) < 4.78 is 0. The van der Waals surface area contributed by atoms with Gasteiger partial charge in [0.15, 0.2) is 0 Å². The molecule has 1 aliphatic rings. The first-order chi connectivity index (χ1) is 7.52. The number of nitro groups is 1. The number of hydrogen-bond donors (Lipinski definition) is 1. The van der Waals surface area contributed by atoms with E-state index in [0.717, 1.165) is 0 Å². The van der Waals surface area contributed by atoms with Crippen molar-refractivity contribution in [3.63, 3.8) is 0 Å². The van der Waals surface area contributed by atoms with Gasteiger partial charge in [-0.25, -0.2) is 0 Å². The molecule has 0 saturated heterocycles. The minimum absolute atomic E-state index is 0.0542. The highest BCUT2D eigenvalue weighted by Crippen LogP contribution is 2.51. The second-order valence-electron chi connectivity index (χ2n) is 3.72. The van der Waals surface area contributed by atoms with Gasteiger partial charge in [0.2, 0.25) is 0 Å². The molecule has 16 heavy (non-hydrogen) atoms. The highest BCUT2D eigenvalue weighted by Gasteiger charge is 2.47. The van der Waals surface area contributed by atoms with Gasteiger partial charge in [-0.05, 0) is 12.5 Å². The van der Waals surface area contributed by atoms with E-state index in [4.69, 9.17) is 16.7 Å². The van der Waals surface area contributed by atoms with Crippen molar-refractivity contribution < 1.29 is 14.8 Å². The molecular weight excluding hydrogens is 234 g/mol. The van der Waals surface area contributed by atoms with Crippen LogP contribution < -0.4 is 0 Å². The average molecular weight is 242 g/mol. The van der Waals surface area contributed by atoms with Crippen molar-refractivity contribution >= 4 is 23.3 Å². The van der Waals surface area contributed by atoms with Gasteiger partial charge in [0.1, 0.15) is 5.02 Å². The van der Waals surface area contributed by atoms with Crippen molar-refractivity contribution in [2.45, 2.75) is 12.3 Å². The molecule has 6 heteroatoms. The van der Waals surface area contributed by atoms with Crippen molar-refractivity contribution in [3.8, 4) is 0 Å². The zero-order chi connectivity index (χ0) is 11.9. The number of nitro benzene ring substituents is 1. The third-order valence-electron chi connectivity index (χ3n) is 2.71. The van der Waals surface area contributed by atoms with Crippen LogP contribution in [0.15, 0.2) is 18.2 Å². The lowest BCUT2D eigenvalue weighted by atomic mass is 10.1. The molecule has 2 rings (SSSR count). The Hall–Kier alpha value is -1.62. The summed E-state index contributed by atoms with van der Waals surface area (Å²) in [6.07, 6.45) is 0.441. The van der Waals surface area contributed by atoms with Gasteiger partial charge in [0.25, 0.3) is 5.69 Å². The van der Waals surface area contributed by atoms with E-state index in [1.54, 1.807) is 12.1 Å². The van der Waals surface area contributed by atoms with Crippen LogP contribution in [0, 0.1) is 16.0 Å². The van der Waals surface area contributed by atoms with Gasteiger partial charge in [-0.1, -0.05) is 23.7 Å². The first-order valence-corrected chi connectivity index (χ1v) is 5.05. The molecule has 1 aliphatic carbocycles. The van der Waals surface area contributed by atoms with Gasteiger partial charge in [0.05, 0.1) is 10.8 Å². The van der Waals surface area contributed by atoms with E-state index in [0.29, 0.717) is 12.0 Å². The Kier molecular flexibility index (Phi) is 2.55. The summed E-state index contributed by atoms with van der Waals surface area (Å²) in [4.78, 5) is 21.0. The number of carbonyl (C=O) groups is 1. The van der Waals surface area contributed by atoms with Gasteiger partial charge < -0.3 is 5.11 Å². The van der Waals surface area contributed by atoms with Crippen LogP contribution in [0.3, 0.4) is 0 Å². The van der Waals surface area contributed by atoms with E-state index >= 15 is 0 Å². The van der Waals surface area contributed by atoms with Crippen molar-refractivity contribution in [1.82, 2.24) is 0 Å². The van der Waals surface area contributed by atoms with Crippen LogP contribution >= 0.6 is 11.6 Å². The maximum absolute atomic E-state index is 10.8. The van der Waals surface area contributed by atoms with Crippen LogP contribution in [0.2, 0.25) is 5.02 Å². The van der Waals surface area contributed by atoms with E-state index in [9.17, 15) is 14.9 Å². The molecule has 1 aromatic carbocycles. The lowest BCUT2D eigenvalue weighted by molar-refractivity contribution is -0.385. The molecule has 84 valence electrons. The van der Waals surface area contributed by atoms with Crippen molar-refractivity contribution in [1.29, 1.82) is 0 Å². The molecule has 0 unspecified atom stereocenters. The maximum atomic E-state index is 10.8. The molecule has 0 radical (unpaired) electrons. The monoisotopic (exact) mass is 241 g/mol. The molecule has 2 atom stereocenters. The number of halogens is 1. The van der Waals surface area contributed by atoms with E-state index in [1.165, 1.54) is 6.07 Å². The van der Waals surface area contributed by atoms with Gasteiger partial charge >= 0.3 is 5.97 Å². The Morgan fingerprint density at radius 3 is 2.75 bits per heavy atom. The zero-order valence-electron chi connectivity index (χ0n) is 8.09. The van der Waals surface area contributed by atoms with Gasteiger partial charge in [0, 0.05) is 11.5 Å². The molecule has 0 heterocycles. The quantitative estimate of drug-likeness (QED) is 0.651. The fraction of sp³-hybridized carbons (Fsp3) is 0.300. The normalized spacial score (nSPS) is 22.8. The fourth-order valence-corrected chi connectivity index (χ4v) is 2.09. The molecule has 1 fully saturated rings. The molecular formula is C10H8ClNO4. The highest BCUT2D eigenvalue weighted by molar-refractivity contribution is 6.32. The molecule has 0 spiro atoms. The van der Waals surface area contributed by atoms with Crippen LogP contribution in [0.1, 0.15) is 17.9 Å². The Bertz CT molecular complexity index is 474. The topological polar surface area (TPSA) is 80.4 Å². The molecule has 0 amide bonds. The van der Waals surface area contributed by atoms with Crippen molar-refractivity contribution in [2.75, 3.05) is 0 Å². The second kappa shape index (κ2) is 3.75. The Morgan fingerprint density at radius 1 is 1.56 bits per heavy atom. The van der Waals surface area contributed by atoms with Crippen LogP contribution in [0.5, 0.6) is 0 Å². The average Bonchev–Trinajstić information content (AvgIpc) is 2.95. The minimum atomic E-state index is -0.917. The lowest BCUT2D eigenvalue weighted by Crippen LogP contribution is -2.01. The molecule has 0 aliphatic heterocycles. The van der Waals surface area contributed by atoms with E-state index in [2.05, 4.69) is 0 Å². The predicted octanol–water partition coefficient (Wildman–Crippen LogP) is 2.44. The largest absolute Gasteiger partial charge is 0.481 e. The summed E-state index contributed by atoms with van der Waals surface area (Å²) in [7, 11) is 0. The number of carboxylic acids is 1. The van der Waals surface area contributed by atoms with Crippen LogP contribution in [0.25, 0.3) is 0 Å². The number of hydrogen-bond acceptors (Lipinski definition) is 3. The highest BCUT2D eigenvalue weighted by atomic mass is 35.5. The maximum Gasteiger partial charge on any atom is 0.307 e. The Balaban J connectivity index is 2.39. The number of benzene rings is 1. The van der Waals surface area contributed by atoms with Crippen LogP contribution in [0.4, 0.5) is 5.69 Å². The van der Waals surface area contributed by atoms with E-state index < -0.39 is 16.8 Å². The second-order valence-corrected chi connectivity index (χ2v) is 4.13. The molecule has 0 aromatic heterocycles. The Morgan fingerprint density at radius 2 is 2.25 bits per heavy atom. The Labute approximate surface area is 95.8 Å². The predicted molar refractivity (Wildman–Crippen MR) is 56.6 cm³/mol. The number of nitrogens with zero attached hydrogens (tertiary/aromatic N) is 1. The summed E-state index contributed by atoms with van der Waals surface area (Å²) in [5, 5.41) is 19.7. The zero-order valence-corrected chi connectivity index (χ0v) is 8.85. The standard InChI is InChI=1S/C10H8ClNO4/c11-8-3-1-2-5(9(8)12(15)16)6-4-7(6)10(13)14/h1-3,6-7H,4H2,(H,13,14)/t6-,7+/m1/s1. The first kappa shape index (κ1) is 10.9. The molecule has 1 saturated carbocycles. The van der Waals surface area contributed by atoms with Gasteiger partial charge in [-0.2, -0.15) is 0 Å². The number of para-hydroxylation sites is 1. The third kappa shape index (κ3) is 1.74. The lowest BCUT2D eigenvalue weighted by Gasteiger charge is -2.02.